The van der Waals surface area contributed by atoms with Crippen LogP contribution in [-0.2, 0) is 11.3 Å². The van der Waals surface area contributed by atoms with Gasteiger partial charge in [0.2, 0.25) is 0 Å². The summed E-state index contributed by atoms with van der Waals surface area (Å²) in [5.74, 6) is 1.27. The Morgan fingerprint density at radius 2 is 2.38 bits per heavy atom. The van der Waals surface area contributed by atoms with Crippen molar-refractivity contribution < 1.29 is 4.74 Å². The van der Waals surface area contributed by atoms with Gasteiger partial charge < -0.3 is 4.74 Å². The molecule has 4 nitrogen and oxygen atoms in total. The molecule has 0 radical (unpaired) electrons. The molecule has 1 heterocycles. The largest absolute Gasteiger partial charge is 0.373 e. The number of H-pyrrole nitrogens is 1. The first-order chi connectivity index (χ1) is 6.18. The maximum absolute atomic E-state index is 10.7. The Bertz CT molecular complexity index is 292. The van der Waals surface area contributed by atoms with Gasteiger partial charge in [0, 0.05) is 18.1 Å². The number of nitrogens with one attached hydrogen (secondary N) is 1. The minimum Gasteiger partial charge on any atom is -0.373 e. The summed E-state index contributed by atoms with van der Waals surface area (Å²) in [4.78, 5) is 13.1. The average Bonchev–Trinajstić information content (AvgIpc) is 2.45. The van der Waals surface area contributed by atoms with Crippen molar-refractivity contribution in [2.75, 3.05) is 6.61 Å². The topological polar surface area (TPSA) is 55.0 Å². The lowest BCUT2D eigenvalue weighted by Crippen LogP contribution is -2.02. The Kier molecular flexibility index (Phi) is 4.11. The van der Waals surface area contributed by atoms with E-state index in [2.05, 4.69) is 23.2 Å². The van der Waals surface area contributed by atoms with Crippen LogP contribution in [0.3, 0.4) is 0 Å². The summed E-state index contributed by atoms with van der Waals surface area (Å²) in [6, 6.07) is 0. The van der Waals surface area contributed by atoms with Gasteiger partial charge in [0.15, 0.2) is 0 Å². The zero-order chi connectivity index (χ0) is 9.68. The molecule has 0 atom stereocenters. The second-order valence-corrected chi connectivity index (χ2v) is 4.01. The van der Waals surface area contributed by atoms with E-state index in [9.17, 15) is 4.79 Å². The van der Waals surface area contributed by atoms with Gasteiger partial charge in [0.05, 0.1) is 0 Å². The molecule has 1 aromatic heterocycles. The lowest BCUT2D eigenvalue weighted by Gasteiger charge is -2.03. The normalized spacial score (nSPS) is 11.0. The molecular weight excluding hydrogens is 188 g/mol. The van der Waals surface area contributed by atoms with Crippen LogP contribution in [0.4, 0.5) is 0 Å². The number of aromatic nitrogens is 2. The van der Waals surface area contributed by atoms with Crippen LogP contribution in [0, 0.1) is 5.92 Å². The maximum Gasteiger partial charge on any atom is 0.323 e. The maximum atomic E-state index is 10.7. The summed E-state index contributed by atoms with van der Waals surface area (Å²) in [5, 5.41) is 0. The third-order valence-electron chi connectivity index (χ3n) is 1.56. The van der Waals surface area contributed by atoms with Crippen LogP contribution in [0.25, 0.3) is 0 Å². The SMILES string of the molecule is CC(C)CCOCc1nsc(=O)[nH]1. The van der Waals surface area contributed by atoms with Gasteiger partial charge in [-0.3, -0.25) is 9.78 Å². The van der Waals surface area contributed by atoms with Crippen LogP contribution in [0.15, 0.2) is 4.79 Å². The molecule has 0 spiro atoms. The fourth-order valence-electron chi connectivity index (χ4n) is 0.810. The van der Waals surface area contributed by atoms with E-state index in [1.807, 2.05) is 0 Å². The predicted molar refractivity (Wildman–Crippen MR) is 51.8 cm³/mol. The number of aromatic amines is 1. The Morgan fingerprint density at radius 3 is 2.92 bits per heavy atom. The molecule has 0 aromatic carbocycles. The van der Waals surface area contributed by atoms with Crippen molar-refractivity contribution in [1.82, 2.24) is 9.36 Å². The highest BCUT2D eigenvalue weighted by atomic mass is 32.1. The van der Waals surface area contributed by atoms with E-state index in [0.717, 1.165) is 24.6 Å². The van der Waals surface area contributed by atoms with Crippen molar-refractivity contribution in [3.05, 3.63) is 15.5 Å². The highest BCUT2D eigenvalue weighted by Crippen LogP contribution is 2.00. The van der Waals surface area contributed by atoms with E-state index in [4.69, 9.17) is 4.74 Å². The molecule has 0 bridgehead atoms. The first kappa shape index (κ1) is 10.4. The molecule has 0 fully saturated rings. The standard InChI is InChI=1S/C8H14N2O2S/c1-6(2)3-4-12-5-7-9-8(11)13-10-7/h6H,3-5H2,1-2H3,(H,9,10,11). The van der Waals surface area contributed by atoms with Crippen LogP contribution in [0.5, 0.6) is 0 Å². The highest BCUT2D eigenvalue weighted by molar-refractivity contribution is 7.02. The molecule has 0 aliphatic heterocycles. The quantitative estimate of drug-likeness (QED) is 0.734. The Morgan fingerprint density at radius 1 is 1.62 bits per heavy atom. The molecule has 5 heteroatoms. The Hall–Kier alpha value is -0.680. The van der Waals surface area contributed by atoms with Crippen LogP contribution < -0.4 is 4.87 Å². The van der Waals surface area contributed by atoms with Gasteiger partial charge in [-0.2, -0.15) is 4.37 Å². The monoisotopic (exact) mass is 202 g/mol. The molecule has 74 valence electrons. The van der Waals surface area contributed by atoms with E-state index in [1.54, 1.807) is 0 Å². The van der Waals surface area contributed by atoms with Crippen molar-refractivity contribution in [1.29, 1.82) is 0 Å². The fourth-order valence-corrected chi connectivity index (χ4v) is 1.27. The average molecular weight is 202 g/mol. The highest BCUT2D eigenvalue weighted by Gasteiger charge is 1.99. The molecule has 1 aromatic rings. The van der Waals surface area contributed by atoms with Crippen molar-refractivity contribution in [2.24, 2.45) is 5.92 Å². The smallest absolute Gasteiger partial charge is 0.323 e. The lowest BCUT2D eigenvalue weighted by atomic mass is 10.1. The molecule has 0 unspecified atom stereocenters. The molecule has 1 rings (SSSR count). The van der Waals surface area contributed by atoms with Crippen LogP contribution in [0.1, 0.15) is 26.1 Å². The zero-order valence-corrected chi connectivity index (χ0v) is 8.69. The molecule has 13 heavy (non-hydrogen) atoms. The summed E-state index contributed by atoms with van der Waals surface area (Å²) >= 11 is 0.928. The van der Waals surface area contributed by atoms with Gasteiger partial charge in [-0.1, -0.05) is 13.8 Å². The first-order valence-corrected chi connectivity index (χ1v) is 5.08. The van der Waals surface area contributed by atoms with Crippen LogP contribution in [-0.4, -0.2) is 16.0 Å². The summed E-state index contributed by atoms with van der Waals surface area (Å²) in [6.07, 6.45) is 1.04. The Balaban J connectivity index is 2.17. The molecule has 0 amide bonds. The minimum absolute atomic E-state index is 0.123. The minimum atomic E-state index is -0.123. The summed E-state index contributed by atoms with van der Waals surface area (Å²) in [6.45, 7) is 5.42. The number of hydrogen-bond acceptors (Lipinski definition) is 4. The zero-order valence-electron chi connectivity index (χ0n) is 7.87. The van der Waals surface area contributed by atoms with E-state index >= 15 is 0 Å². The number of hydrogen-bond donors (Lipinski definition) is 1. The number of nitrogens with zero attached hydrogens (tertiary/aromatic N) is 1. The van der Waals surface area contributed by atoms with Gasteiger partial charge in [-0.15, -0.1) is 0 Å². The van der Waals surface area contributed by atoms with E-state index in [0.29, 0.717) is 18.3 Å². The third-order valence-corrected chi connectivity index (χ3v) is 2.14. The van der Waals surface area contributed by atoms with Crippen molar-refractivity contribution in [3.8, 4) is 0 Å². The van der Waals surface area contributed by atoms with E-state index in [-0.39, 0.29) is 4.87 Å². The van der Waals surface area contributed by atoms with Crippen LogP contribution in [0.2, 0.25) is 0 Å². The first-order valence-electron chi connectivity index (χ1n) is 4.31. The van der Waals surface area contributed by atoms with Crippen LogP contribution >= 0.6 is 11.5 Å². The summed E-state index contributed by atoms with van der Waals surface area (Å²) in [7, 11) is 0. The Labute approximate surface area is 81.1 Å². The second-order valence-electron chi connectivity index (χ2n) is 3.28. The van der Waals surface area contributed by atoms with Crippen molar-refractivity contribution in [3.63, 3.8) is 0 Å². The van der Waals surface area contributed by atoms with E-state index < -0.39 is 0 Å². The van der Waals surface area contributed by atoms with Gasteiger partial charge >= 0.3 is 4.87 Å². The molecule has 0 saturated heterocycles. The summed E-state index contributed by atoms with van der Waals surface area (Å²) < 4.78 is 9.20. The summed E-state index contributed by atoms with van der Waals surface area (Å²) in [5.41, 5.74) is 0. The number of rotatable bonds is 5. The fraction of sp³-hybridized carbons (Fsp3) is 0.750. The van der Waals surface area contributed by atoms with E-state index in [1.165, 1.54) is 0 Å². The molecule has 0 aliphatic rings. The molecule has 1 N–H and O–H groups in total. The lowest BCUT2D eigenvalue weighted by molar-refractivity contribution is 0.106. The molecule has 0 saturated carbocycles. The predicted octanol–water partition coefficient (Wildman–Crippen LogP) is 1.39. The van der Waals surface area contributed by atoms with Crippen molar-refractivity contribution in [2.45, 2.75) is 26.9 Å². The van der Waals surface area contributed by atoms with Gasteiger partial charge in [0.1, 0.15) is 12.4 Å². The van der Waals surface area contributed by atoms with Gasteiger partial charge in [-0.05, 0) is 12.3 Å². The number of ether oxygens (including phenoxy) is 1. The van der Waals surface area contributed by atoms with Crippen molar-refractivity contribution >= 4 is 11.5 Å². The third kappa shape index (κ3) is 4.19. The van der Waals surface area contributed by atoms with Gasteiger partial charge in [-0.25, -0.2) is 0 Å². The molecule has 0 aliphatic carbocycles. The second kappa shape index (κ2) is 5.14. The van der Waals surface area contributed by atoms with Gasteiger partial charge in [0.25, 0.3) is 0 Å². The molecular formula is C8H14N2O2S.